The van der Waals surface area contributed by atoms with E-state index in [-0.39, 0.29) is 5.91 Å². The van der Waals surface area contributed by atoms with Crippen LogP contribution in [0.3, 0.4) is 0 Å². The Kier molecular flexibility index (Phi) is 8.68. The zero-order valence-corrected chi connectivity index (χ0v) is 19.9. The minimum absolute atomic E-state index is 0.0131. The molecule has 1 aliphatic rings. The molecule has 0 aromatic heterocycles. The van der Waals surface area contributed by atoms with Crippen molar-refractivity contribution in [1.29, 1.82) is 0 Å². The molecule has 32 heavy (non-hydrogen) atoms. The first kappa shape index (κ1) is 23.8. The van der Waals surface area contributed by atoms with Gasteiger partial charge in [-0.3, -0.25) is 9.69 Å². The Bertz CT molecular complexity index is 883. The SMILES string of the molecule is CCNC(=NCc1ccc(C(=O)N(C)C)cc1)NCC(c1ccc(C)cc1)N1CCCC1. The summed E-state index contributed by atoms with van der Waals surface area (Å²) in [6.07, 6.45) is 2.53. The molecule has 1 atom stereocenters. The van der Waals surface area contributed by atoms with E-state index in [0.717, 1.165) is 37.7 Å². The Balaban J connectivity index is 1.66. The number of aliphatic imine (C=N–C) groups is 1. The predicted octanol–water partition coefficient (Wildman–Crippen LogP) is 3.59. The average molecular weight is 436 g/mol. The molecule has 0 spiro atoms. The van der Waals surface area contributed by atoms with Gasteiger partial charge < -0.3 is 15.5 Å². The Hall–Kier alpha value is -2.86. The number of guanidine groups is 1. The number of amides is 1. The Morgan fingerprint density at radius 2 is 1.69 bits per heavy atom. The maximum Gasteiger partial charge on any atom is 0.253 e. The van der Waals surface area contributed by atoms with Crippen LogP contribution in [0.1, 0.15) is 52.9 Å². The molecule has 0 aliphatic carbocycles. The smallest absolute Gasteiger partial charge is 0.253 e. The molecule has 6 nitrogen and oxygen atoms in total. The molecule has 1 fully saturated rings. The summed E-state index contributed by atoms with van der Waals surface area (Å²) in [4.78, 5) is 21.0. The molecule has 0 saturated carbocycles. The average Bonchev–Trinajstić information content (AvgIpc) is 3.33. The fourth-order valence-electron chi connectivity index (χ4n) is 4.02. The number of carbonyl (C=O) groups excluding carboxylic acids is 1. The predicted molar refractivity (Wildman–Crippen MR) is 132 cm³/mol. The van der Waals surface area contributed by atoms with Crippen LogP contribution in [-0.4, -0.2) is 61.9 Å². The molecule has 1 saturated heterocycles. The van der Waals surface area contributed by atoms with Crippen LogP contribution in [-0.2, 0) is 6.54 Å². The van der Waals surface area contributed by atoms with E-state index in [0.29, 0.717) is 18.2 Å². The fraction of sp³-hybridized carbons (Fsp3) is 0.462. The topological polar surface area (TPSA) is 60.0 Å². The van der Waals surface area contributed by atoms with E-state index >= 15 is 0 Å². The van der Waals surface area contributed by atoms with Crippen LogP contribution >= 0.6 is 0 Å². The second-order valence-corrected chi connectivity index (χ2v) is 8.64. The molecule has 1 aliphatic heterocycles. The van der Waals surface area contributed by atoms with Crippen molar-refractivity contribution in [3.8, 4) is 0 Å². The highest BCUT2D eigenvalue weighted by molar-refractivity contribution is 5.93. The second-order valence-electron chi connectivity index (χ2n) is 8.64. The van der Waals surface area contributed by atoms with Crippen molar-refractivity contribution in [2.45, 2.75) is 39.3 Å². The molecule has 172 valence electrons. The van der Waals surface area contributed by atoms with Crippen molar-refractivity contribution >= 4 is 11.9 Å². The van der Waals surface area contributed by atoms with Gasteiger partial charge in [0.2, 0.25) is 0 Å². The van der Waals surface area contributed by atoms with E-state index in [1.807, 2.05) is 24.3 Å². The molecule has 2 N–H and O–H groups in total. The lowest BCUT2D eigenvalue weighted by Gasteiger charge is -2.29. The first-order valence-corrected chi connectivity index (χ1v) is 11.6. The lowest BCUT2D eigenvalue weighted by molar-refractivity contribution is 0.0827. The summed E-state index contributed by atoms with van der Waals surface area (Å²) >= 11 is 0. The zero-order valence-electron chi connectivity index (χ0n) is 19.9. The van der Waals surface area contributed by atoms with Gasteiger partial charge in [0.25, 0.3) is 5.91 Å². The highest BCUT2D eigenvalue weighted by Gasteiger charge is 2.23. The van der Waals surface area contributed by atoms with Crippen LogP contribution < -0.4 is 10.6 Å². The fourth-order valence-corrected chi connectivity index (χ4v) is 4.02. The van der Waals surface area contributed by atoms with Crippen LogP contribution in [0.4, 0.5) is 0 Å². The summed E-state index contributed by atoms with van der Waals surface area (Å²) in [5.74, 6) is 0.830. The molecular formula is C26H37N5O. The van der Waals surface area contributed by atoms with Crippen molar-refractivity contribution in [2.75, 3.05) is 40.3 Å². The Morgan fingerprint density at radius 3 is 2.28 bits per heavy atom. The lowest BCUT2D eigenvalue weighted by atomic mass is 10.0. The van der Waals surface area contributed by atoms with Gasteiger partial charge in [-0.1, -0.05) is 42.0 Å². The molecule has 1 amide bonds. The number of likely N-dealkylation sites (tertiary alicyclic amines) is 1. The third kappa shape index (κ3) is 6.57. The van der Waals surface area contributed by atoms with E-state index in [2.05, 4.69) is 53.6 Å². The number of rotatable bonds is 8. The number of hydrogen-bond acceptors (Lipinski definition) is 3. The monoisotopic (exact) mass is 435 g/mol. The van der Waals surface area contributed by atoms with Crippen LogP contribution in [0, 0.1) is 6.92 Å². The molecular weight excluding hydrogens is 398 g/mol. The zero-order chi connectivity index (χ0) is 22.9. The van der Waals surface area contributed by atoms with Gasteiger partial charge in [0.1, 0.15) is 0 Å². The molecule has 0 radical (unpaired) electrons. The maximum atomic E-state index is 12.1. The lowest BCUT2D eigenvalue weighted by Crippen LogP contribution is -2.42. The van der Waals surface area contributed by atoms with Crippen LogP contribution in [0.15, 0.2) is 53.5 Å². The largest absolute Gasteiger partial charge is 0.357 e. The van der Waals surface area contributed by atoms with Crippen LogP contribution in [0.25, 0.3) is 0 Å². The standard InChI is InChI=1S/C26H37N5O/c1-5-27-26(28-18-21-10-14-23(15-11-21)25(32)30(3)4)29-19-24(31-16-6-7-17-31)22-12-8-20(2)9-13-22/h8-15,24H,5-7,16-19H2,1-4H3,(H2,27,28,29). The van der Waals surface area contributed by atoms with Crippen LogP contribution in [0.5, 0.6) is 0 Å². The summed E-state index contributed by atoms with van der Waals surface area (Å²) < 4.78 is 0. The number of nitrogens with zero attached hydrogens (tertiary/aromatic N) is 3. The first-order valence-electron chi connectivity index (χ1n) is 11.6. The molecule has 2 aromatic rings. The van der Waals surface area contributed by atoms with Gasteiger partial charge in [-0.15, -0.1) is 0 Å². The Labute approximate surface area is 192 Å². The van der Waals surface area contributed by atoms with Crippen molar-refractivity contribution in [1.82, 2.24) is 20.4 Å². The summed E-state index contributed by atoms with van der Waals surface area (Å²) in [7, 11) is 3.53. The highest BCUT2D eigenvalue weighted by atomic mass is 16.2. The van der Waals surface area contributed by atoms with Crippen molar-refractivity contribution in [3.63, 3.8) is 0 Å². The van der Waals surface area contributed by atoms with Gasteiger partial charge in [0, 0.05) is 32.7 Å². The molecule has 2 aromatic carbocycles. The second kappa shape index (κ2) is 11.7. The minimum atomic E-state index is 0.0131. The summed E-state index contributed by atoms with van der Waals surface area (Å²) in [6.45, 7) is 8.68. The highest BCUT2D eigenvalue weighted by Crippen LogP contribution is 2.25. The first-order chi connectivity index (χ1) is 15.5. The number of benzene rings is 2. The normalized spacial score (nSPS) is 15.4. The van der Waals surface area contributed by atoms with Crippen LogP contribution in [0.2, 0.25) is 0 Å². The quantitative estimate of drug-likeness (QED) is 0.491. The number of hydrogen-bond donors (Lipinski definition) is 2. The van der Waals surface area contributed by atoms with E-state index in [4.69, 9.17) is 4.99 Å². The number of nitrogens with one attached hydrogen (secondary N) is 2. The maximum absolute atomic E-state index is 12.1. The van der Waals surface area contributed by atoms with E-state index < -0.39 is 0 Å². The van der Waals surface area contributed by atoms with Gasteiger partial charge in [0.05, 0.1) is 12.6 Å². The van der Waals surface area contributed by atoms with Crippen molar-refractivity contribution < 1.29 is 4.79 Å². The van der Waals surface area contributed by atoms with Gasteiger partial charge in [-0.05, 0) is 63.0 Å². The van der Waals surface area contributed by atoms with E-state index in [1.165, 1.54) is 24.0 Å². The van der Waals surface area contributed by atoms with Gasteiger partial charge in [-0.25, -0.2) is 4.99 Å². The molecule has 0 bridgehead atoms. The van der Waals surface area contributed by atoms with E-state index in [1.54, 1.807) is 19.0 Å². The van der Waals surface area contributed by atoms with Crippen molar-refractivity contribution in [2.24, 2.45) is 4.99 Å². The third-order valence-electron chi connectivity index (χ3n) is 5.88. The molecule has 3 rings (SSSR count). The summed E-state index contributed by atoms with van der Waals surface area (Å²) in [6, 6.07) is 16.9. The van der Waals surface area contributed by atoms with E-state index in [9.17, 15) is 4.79 Å². The molecule has 1 heterocycles. The van der Waals surface area contributed by atoms with Gasteiger partial charge >= 0.3 is 0 Å². The Morgan fingerprint density at radius 1 is 1.03 bits per heavy atom. The van der Waals surface area contributed by atoms with Crippen molar-refractivity contribution in [3.05, 3.63) is 70.8 Å². The summed E-state index contributed by atoms with van der Waals surface area (Å²) in [5, 5.41) is 6.93. The van der Waals surface area contributed by atoms with Gasteiger partial charge in [-0.2, -0.15) is 0 Å². The third-order valence-corrected chi connectivity index (χ3v) is 5.88. The number of carbonyl (C=O) groups is 1. The van der Waals surface area contributed by atoms with Gasteiger partial charge in [0.15, 0.2) is 5.96 Å². The summed E-state index contributed by atoms with van der Waals surface area (Å²) in [5.41, 5.74) is 4.41. The molecule has 6 heteroatoms. The minimum Gasteiger partial charge on any atom is -0.357 e. The molecule has 1 unspecified atom stereocenters. The number of aryl methyl sites for hydroxylation is 1.